The van der Waals surface area contributed by atoms with Gasteiger partial charge in [-0.3, -0.25) is 9.59 Å². The molecular weight excluding hydrogens is 400 g/mol. The molecule has 0 bridgehead atoms. The zero-order valence-corrected chi connectivity index (χ0v) is 17.5. The number of carbonyl (C=O) groups excluding carboxylic acids is 2. The number of aryl methyl sites for hydroxylation is 1. The van der Waals surface area contributed by atoms with E-state index in [1.807, 2.05) is 6.07 Å². The summed E-state index contributed by atoms with van der Waals surface area (Å²) in [5.74, 6) is 0.881. The molecule has 3 N–H and O–H groups in total. The molecule has 2 amide bonds. The smallest absolute Gasteiger partial charge is 0.269 e. The van der Waals surface area contributed by atoms with Crippen LogP contribution in [0.1, 0.15) is 22.5 Å². The molecular formula is C22H24N4O5. The van der Waals surface area contributed by atoms with Crippen LogP contribution in [0.2, 0.25) is 0 Å². The summed E-state index contributed by atoms with van der Waals surface area (Å²) in [5, 5.41) is 6.96. The third kappa shape index (κ3) is 4.95. The number of nitrogens with one attached hydrogen (secondary N) is 1. The lowest BCUT2D eigenvalue weighted by Crippen LogP contribution is -2.13. The highest BCUT2D eigenvalue weighted by Gasteiger charge is 2.16. The van der Waals surface area contributed by atoms with Gasteiger partial charge in [0.05, 0.1) is 27.0 Å². The van der Waals surface area contributed by atoms with Crippen molar-refractivity contribution in [2.45, 2.75) is 12.8 Å². The van der Waals surface area contributed by atoms with E-state index in [1.54, 1.807) is 63.9 Å². The van der Waals surface area contributed by atoms with Gasteiger partial charge >= 0.3 is 0 Å². The normalized spacial score (nSPS) is 10.4. The first-order chi connectivity index (χ1) is 15.0. The Kier molecular flexibility index (Phi) is 6.76. The van der Waals surface area contributed by atoms with Gasteiger partial charge in [0.15, 0.2) is 11.5 Å². The van der Waals surface area contributed by atoms with Crippen LogP contribution in [0, 0.1) is 0 Å². The second-order valence-electron chi connectivity index (χ2n) is 6.60. The van der Waals surface area contributed by atoms with Gasteiger partial charge in [-0.25, -0.2) is 4.68 Å². The molecule has 0 saturated carbocycles. The number of carbonyl (C=O) groups is 2. The van der Waals surface area contributed by atoms with Crippen LogP contribution in [-0.2, 0) is 11.2 Å². The fourth-order valence-electron chi connectivity index (χ4n) is 3.13. The molecule has 3 rings (SSSR count). The van der Waals surface area contributed by atoms with E-state index in [2.05, 4.69) is 10.4 Å². The molecule has 0 atom stereocenters. The Bertz CT molecular complexity index is 1080. The molecule has 1 heterocycles. The minimum atomic E-state index is -0.589. The SMILES string of the molecule is COc1ccc(CCC(=O)Nc2ccc(-n3ccc(C(N)=O)n3)cc2)c(OC)c1OC. The average molecular weight is 424 g/mol. The van der Waals surface area contributed by atoms with Crippen molar-refractivity contribution >= 4 is 17.5 Å². The Balaban J connectivity index is 1.63. The Morgan fingerprint density at radius 3 is 2.26 bits per heavy atom. The van der Waals surface area contributed by atoms with Crippen molar-refractivity contribution < 1.29 is 23.8 Å². The van der Waals surface area contributed by atoms with Gasteiger partial charge in [0.1, 0.15) is 5.69 Å². The minimum Gasteiger partial charge on any atom is -0.493 e. The first-order valence-corrected chi connectivity index (χ1v) is 9.50. The third-order valence-electron chi connectivity index (χ3n) is 4.66. The molecule has 0 aliphatic carbocycles. The Morgan fingerprint density at radius 1 is 0.968 bits per heavy atom. The lowest BCUT2D eigenvalue weighted by Gasteiger charge is -2.15. The Morgan fingerprint density at radius 2 is 1.68 bits per heavy atom. The van der Waals surface area contributed by atoms with Crippen LogP contribution < -0.4 is 25.3 Å². The molecule has 31 heavy (non-hydrogen) atoms. The molecule has 0 aliphatic rings. The van der Waals surface area contributed by atoms with Crippen LogP contribution in [0.5, 0.6) is 17.2 Å². The van der Waals surface area contributed by atoms with Crippen molar-refractivity contribution in [1.29, 1.82) is 0 Å². The van der Waals surface area contributed by atoms with Gasteiger partial charge in [-0.2, -0.15) is 5.10 Å². The molecule has 0 spiro atoms. The van der Waals surface area contributed by atoms with E-state index < -0.39 is 5.91 Å². The molecule has 2 aromatic carbocycles. The van der Waals surface area contributed by atoms with E-state index in [0.717, 1.165) is 11.3 Å². The van der Waals surface area contributed by atoms with Crippen LogP contribution in [0.4, 0.5) is 5.69 Å². The first-order valence-electron chi connectivity index (χ1n) is 9.50. The van der Waals surface area contributed by atoms with Gasteiger partial charge in [0.2, 0.25) is 11.7 Å². The molecule has 162 valence electrons. The van der Waals surface area contributed by atoms with Gasteiger partial charge in [0.25, 0.3) is 5.91 Å². The molecule has 0 radical (unpaired) electrons. The fourth-order valence-corrected chi connectivity index (χ4v) is 3.13. The van der Waals surface area contributed by atoms with E-state index in [9.17, 15) is 9.59 Å². The van der Waals surface area contributed by atoms with Crippen molar-refractivity contribution in [1.82, 2.24) is 9.78 Å². The molecule has 0 aliphatic heterocycles. The quantitative estimate of drug-likeness (QED) is 0.545. The van der Waals surface area contributed by atoms with Crippen LogP contribution >= 0.6 is 0 Å². The van der Waals surface area contributed by atoms with Crippen molar-refractivity contribution in [2.75, 3.05) is 26.6 Å². The number of amides is 2. The van der Waals surface area contributed by atoms with Gasteiger partial charge in [-0.15, -0.1) is 0 Å². The number of rotatable bonds is 9. The van der Waals surface area contributed by atoms with E-state index in [-0.39, 0.29) is 18.0 Å². The summed E-state index contributed by atoms with van der Waals surface area (Å²) < 4.78 is 17.7. The Labute approximate surface area is 179 Å². The largest absolute Gasteiger partial charge is 0.493 e. The lowest BCUT2D eigenvalue weighted by atomic mass is 10.1. The number of methoxy groups -OCH3 is 3. The summed E-state index contributed by atoms with van der Waals surface area (Å²) in [5.41, 5.74) is 7.63. The predicted octanol–water partition coefficient (Wildman–Crippen LogP) is 2.57. The number of nitrogens with two attached hydrogens (primary N) is 1. The van der Waals surface area contributed by atoms with Crippen molar-refractivity contribution in [3.63, 3.8) is 0 Å². The van der Waals surface area contributed by atoms with Gasteiger partial charge < -0.3 is 25.3 Å². The average Bonchev–Trinajstić information content (AvgIpc) is 3.28. The highest BCUT2D eigenvalue weighted by atomic mass is 16.5. The molecule has 0 unspecified atom stereocenters. The van der Waals surface area contributed by atoms with Crippen molar-refractivity contribution in [3.8, 4) is 22.9 Å². The number of hydrogen-bond donors (Lipinski definition) is 2. The fraction of sp³-hybridized carbons (Fsp3) is 0.227. The number of aromatic nitrogens is 2. The van der Waals surface area contributed by atoms with E-state index in [4.69, 9.17) is 19.9 Å². The number of anilines is 1. The summed E-state index contributed by atoms with van der Waals surface area (Å²) >= 11 is 0. The maximum atomic E-state index is 12.4. The monoisotopic (exact) mass is 424 g/mol. The highest BCUT2D eigenvalue weighted by Crippen LogP contribution is 2.40. The van der Waals surface area contributed by atoms with E-state index in [0.29, 0.717) is 29.4 Å². The molecule has 3 aromatic rings. The topological polar surface area (TPSA) is 118 Å². The van der Waals surface area contributed by atoms with Gasteiger partial charge in [-0.1, -0.05) is 6.07 Å². The number of ether oxygens (including phenoxy) is 3. The molecule has 9 nitrogen and oxygen atoms in total. The van der Waals surface area contributed by atoms with Gasteiger partial charge in [0, 0.05) is 18.3 Å². The minimum absolute atomic E-state index is 0.139. The van der Waals surface area contributed by atoms with Crippen molar-refractivity contribution in [2.24, 2.45) is 5.73 Å². The van der Waals surface area contributed by atoms with Crippen LogP contribution in [0.15, 0.2) is 48.7 Å². The maximum Gasteiger partial charge on any atom is 0.269 e. The Hall–Kier alpha value is -4.01. The summed E-state index contributed by atoms with van der Waals surface area (Å²) in [6.45, 7) is 0. The second-order valence-corrected chi connectivity index (χ2v) is 6.60. The zero-order valence-electron chi connectivity index (χ0n) is 17.5. The third-order valence-corrected chi connectivity index (χ3v) is 4.66. The standard InChI is InChI=1S/C22H24N4O5/c1-29-18-10-4-14(20(30-2)21(18)31-3)5-11-19(27)24-15-6-8-16(9-7-15)26-13-12-17(25-26)22(23)28/h4,6-10,12-13H,5,11H2,1-3H3,(H2,23,28)(H,24,27). The molecule has 0 saturated heterocycles. The highest BCUT2D eigenvalue weighted by molar-refractivity contribution is 5.91. The summed E-state index contributed by atoms with van der Waals surface area (Å²) in [7, 11) is 4.64. The van der Waals surface area contributed by atoms with Crippen LogP contribution in [-0.4, -0.2) is 42.9 Å². The molecule has 9 heteroatoms. The van der Waals surface area contributed by atoms with E-state index in [1.165, 1.54) is 4.68 Å². The number of hydrogen-bond acceptors (Lipinski definition) is 6. The predicted molar refractivity (Wildman–Crippen MR) is 115 cm³/mol. The number of nitrogens with zero attached hydrogens (tertiary/aromatic N) is 2. The molecule has 1 aromatic heterocycles. The lowest BCUT2D eigenvalue weighted by molar-refractivity contribution is -0.116. The second kappa shape index (κ2) is 9.66. The maximum absolute atomic E-state index is 12.4. The van der Waals surface area contributed by atoms with Crippen LogP contribution in [0.3, 0.4) is 0 Å². The zero-order chi connectivity index (χ0) is 22.4. The van der Waals surface area contributed by atoms with E-state index >= 15 is 0 Å². The molecule has 0 fully saturated rings. The van der Waals surface area contributed by atoms with Crippen molar-refractivity contribution in [3.05, 3.63) is 59.9 Å². The summed E-state index contributed by atoms with van der Waals surface area (Å²) in [4.78, 5) is 23.6. The number of benzene rings is 2. The summed E-state index contributed by atoms with van der Waals surface area (Å²) in [6.07, 6.45) is 2.37. The van der Waals surface area contributed by atoms with Crippen LogP contribution in [0.25, 0.3) is 5.69 Å². The number of primary amides is 1. The first kappa shape index (κ1) is 21.7. The van der Waals surface area contributed by atoms with Gasteiger partial charge in [-0.05, 0) is 48.4 Å². The summed E-state index contributed by atoms with van der Waals surface area (Å²) in [6, 6.07) is 12.3.